The monoisotopic (exact) mass is 210 g/mol. The number of rotatable bonds is 6. The van der Waals surface area contributed by atoms with Crippen LogP contribution in [0.25, 0.3) is 0 Å². The standard InChI is InChI=1S/C12H18O3/c1-4-7-8-9-11(14-5-2)10-12(13)15-6-3/h4,7-10H,5-6H2,1-3H3/b7-4+,9-8-,11-10+. The summed E-state index contributed by atoms with van der Waals surface area (Å²) in [5.41, 5.74) is 0. The van der Waals surface area contributed by atoms with Crippen molar-refractivity contribution in [2.45, 2.75) is 20.8 Å². The highest BCUT2D eigenvalue weighted by Crippen LogP contribution is 2.01. The molecule has 0 N–H and O–H groups in total. The van der Waals surface area contributed by atoms with Crippen LogP contribution in [0, 0.1) is 0 Å². The summed E-state index contributed by atoms with van der Waals surface area (Å²) < 4.78 is 10.0. The first-order valence-electron chi connectivity index (χ1n) is 5.05. The molecule has 0 saturated carbocycles. The molecule has 0 heterocycles. The van der Waals surface area contributed by atoms with Crippen molar-refractivity contribution in [2.24, 2.45) is 0 Å². The maximum atomic E-state index is 11.1. The summed E-state index contributed by atoms with van der Waals surface area (Å²) in [6, 6.07) is 0. The van der Waals surface area contributed by atoms with Crippen LogP contribution in [0.5, 0.6) is 0 Å². The molecule has 0 saturated heterocycles. The first-order valence-corrected chi connectivity index (χ1v) is 5.05. The van der Waals surface area contributed by atoms with Crippen LogP contribution in [0.1, 0.15) is 20.8 Å². The Hall–Kier alpha value is -1.51. The first-order chi connectivity index (χ1) is 7.24. The number of hydrogen-bond donors (Lipinski definition) is 0. The highest BCUT2D eigenvalue weighted by molar-refractivity contribution is 5.82. The maximum absolute atomic E-state index is 11.1. The van der Waals surface area contributed by atoms with Crippen molar-refractivity contribution in [1.82, 2.24) is 0 Å². The summed E-state index contributed by atoms with van der Waals surface area (Å²) in [7, 11) is 0. The molecule has 0 amide bonds. The van der Waals surface area contributed by atoms with Crippen LogP contribution in [0.3, 0.4) is 0 Å². The molecular formula is C12H18O3. The summed E-state index contributed by atoms with van der Waals surface area (Å²) in [5, 5.41) is 0. The van der Waals surface area contributed by atoms with Crippen molar-refractivity contribution >= 4 is 5.97 Å². The minimum absolute atomic E-state index is 0.368. The number of hydrogen-bond acceptors (Lipinski definition) is 3. The zero-order valence-corrected chi connectivity index (χ0v) is 9.53. The molecule has 3 heteroatoms. The van der Waals surface area contributed by atoms with Gasteiger partial charge in [0.05, 0.1) is 19.3 Å². The molecule has 84 valence electrons. The lowest BCUT2D eigenvalue weighted by Crippen LogP contribution is -2.02. The van der Waals surface area contributed by atoms with Crippen molar-refractivity contribution in [3.05, 3.63) is 36.1 Å². The summed E-state index contributed by atoms with van der Waals surface area (Å²) in [6.07, 6.45) is 8.62. The van der Waals surface area contributed by atoms with Crippen LogP contribution in [0.2, 0.25) is 0 Å². The lowest BCUT2D eigenvalue weighted by atomic mass is 10.3. The Kier molecular flexibility index (Phi) is 8.15. The molecule has 0 unspecified atom stereocenters. The van der Waals surface area contributed by atoms with Crippen LogP contribution in [0.15, 0.2) is 36.1 Å². The Morgan fingerprint density at radius 1 is 1.13 bits per heavy atom. The van der Waals surface area contributed by atoms with E-state index in [4.69, 9.17) is 9.47 Å². The lowest BCUT2D eigenvalue weighted by Gasteiger charge is -2.03. The topological polar surface area (TPSA) is 35.5 Å². The molecule has 0 aromatic rings. The Bertz CT molecular complexity index is 262. The molecular weight excluding hydrogens is 192 g/mol. The molecule has 0 fully saturated rings. The second-order valence-corrected chi connectivity index (χ2v) is 2.62. The minimum Gasteiger partial charge on any atom is -0.494 e. The number of ether oxygens (including phenoxy) is 2. The zero-order chi connectivity index (χ0) is 11.5. The van der Waals surface area contributed by atoms with E-state index in [1.807, 2.05) is 26.0 Å². The molecule has 0 aromatic heterocycles. The molecule has 0 rings (SSSR count). The van der Waals surface area contributed by atoms with Crippen LogP contribution in [0.4, 0.5) is 0 Å². The van der Waals surface area contributed by atoms with E-state index in [0.717, 1.165) is 0 Å². The van der Waals surface area contributed by atoms with Gasteiger partial charge in [-0.3, -0.25) is 0 Å². The van der Waals surface area contributed by atoms with Gasteiger partial charge < -0.3 is 9.47 Å². The molecule has 0 atom stereocenters. The third-order valence-electron chi connectivity index (χ3n) is 1.42. The zero-order valence-electron chi connectivity index (χ0n) is 9.53. The average Bonchev–Trinajstić information content (AvgIpc) is 2.18. The van der Waals surface area contributed by atoms with E-state index in [0.29, 0.717) is 19.0 Å². The lowest BCUT2D eigenvalue weighted by molar-refractivity contribution is -0.137. The first kappa shape index (κ1) is 13.5. The molecule has 0 aromatic carbocycles. The Morgan fingerprint density at radius 3 is 2.33 bits per heavy atom. The maximum Gasteiger partial charge on any atom is 0.334 e. The predicted molar refractivity (Wildman–Crippen MR) is 60.3 cm³/mol. The van der Waals surface area contributed by atoms with Crippen molar-refractivity contribution in [3.8, 4) is 0 Å². The fourth-order valence-electron chi connectivity index (χ4n) is 0.866. The van der Waals surface area contributed by atoms with Gasteiger partial charge >= 0.3 is 5.97 Å². The van der Waals surface area contributed by atoms with E-state index >= 15 is 0 Å². The number of carbonyl (C=O) groups excluding carboxylic acids is 1. The van der Waals surface area contributed by atoms with E-state index in [9.17, 15) is 4.79 Å². The molecule has 15 heavy (non-hydrogen) atoms. The smallest absolute Gasteiger partial charge is 0.334 e. The largest absolute Gasteiger partial charge is 0.494 e. The van der Waals surface area contributed by atoms with E-state index in [2.05, 4.69) is 0 Å². The van der Waals surface area contributed by atoms with Gasteiger partial charge in [-0.1, -0.05) is 18.2 Å². The predicted octanol–water partition coefficient (Wildman–Crippen LogP) is 2.60. The van der Waals surface area contributed by atoms with Gasteiger partial charge in [0.15, 0.2) is 0 Å². The van der Waals surface area contributed by atoms with E-state index in [-0.39, 0.29) is 5.97 Å². The minimum atomic E-state index is -0.383. The number of carbonyl (C=O) groups is 1. The van der Waals surface area contributed by atoms with Gasteiger partial charge in [-0.15, -0.1) is 0 Å². The fourth-order valence-corrected chi connectivity index (χ4v) is 0.866. The van der Waals surface area contributed by atoms with Crippen molar-refractivity contribution in [2.75, 3.05) is 13.2 Å². The van der Waals surface area contributed by atoms with Crippen molar-refractivity contribution in [1.29, 1.82) is 0 Å². The molecule has 0 aliphatic carbocycles. The molecule has 0 bridgehead atoms. The third kappa shape index (κ3) is 7.55. The quantitative estimate of drug-likeness (QED) is 0.292. The van der Waals surface area contributed by atoms with Crippen LogP contribution >= 0.6 is 0 Å². The number of esters is 1. The molecule has 3 nitrogen and oxygen atoms in total. The van der Waals surface area contributed by atoms with Gasteiger partial charge in [-0.05, 0) is 26.8 Å². The molecule has 0 radical (unpaired) electrons. The van der Waals surface area contributed by atoms with Crippen LogP contribution in [-0.2, 0) is 14.3 Å². The van der Waals surface area contributed by atoms with Gasteiger partial charge in [0, 0.05) is 0 Å². The summed E-state index contributed by atoms with van der Waals surface area (Å²) in [5.74, 6) is 0.125. The average molecular weight is 210 g/mol. The Morgan fingerprint density at radius 2 is 1.80 bits per heavy atom. The Balaban J connectivity index is 4.42. The molecule has 0 aliphatic heterocycles. The van der Waals surface area contributed by atoms with Gasteiger partial charge in [-0.2, -0.15) is 0 Å². The second-order valence-electron chi connectivity index (χ2n) is 2.62. The highest BCUT2D eigenvalue weighted by atomic mass is 16.5. The fraction of sp³-hybridized carbons (Fsp3) is 0.417. The molecule has 0 spiro atoms. The van der Waals surface area contributed by atoms with Gasteiger partial charge in [0.2, 0.25) is 0 Å². The number of allylic oxidation sites excluding steroid dienone is 4. The highest BCUT2D eigenvalue weighted by Gasteiger charge is 1.99. The summed E-state index contributed by atoms with van der Waals surface area (Å²) in [6.45, 7) is 6.43. The van der Waals surface area contributed by atoms with Gasteiger partial charge in [-0.25, -0.2) is 4.79 Å². The van der Waals surface area contributed by atoms with Gasteiger partial charge in [0.25, 0.3) is 0 Å². The van der Waals surface area contributed by atoms with E-state index < -0.39 is 0 Å². The molecule has 0 aliphatic rings. The normalized spacial score (nSPS) is 12.3. The second kappa shape index (κ2) is 9.06. The SMILES string of the molecule is C/C=C/C=C\C(=C/C(=O)OCC)OCC. The van der Waals surface area contributed by atoms with E-state index in [1.54, 1.807) is 19.1 Å². The van der Waals surface area contributed by atoms with Crippen LogP contribution < -0.4 is 0 Å². The van der Waals surface area contributed by atoms with Gasteiger partial charge in [0.1, 0.15) is 5.76 Å². The summed E-state index contributed by atoms with van der Waals surface area (Å²) in [4.78, 5) is 11.1. The van der Waals surface area contributed by atoms with Crippen molar-refractivity contribution in [3.63, 3.8) is 0 Å². The third-order valence-corrected chi connectivity index (χ3v) is 1.42. The van der Waals surface area contributed by atoms with Crippen LogP contribution in [-0.4, -0.2) is 19.2 Å². The Labute approximate surface area is 91.1 Å². The van der Waals surface area contributed by atoms with Crippen molar-refractivity contribution < 1.29 is 14.3 Å². The summed E-state index contributed by atoms with van der Waals surface area (Å²) >= 11 is 0. The van der Waals surface area contributed by atoms with E-state index in [1.165, 1.54) is 6.08 Å².